The van der Waals surface area contributed by atoms with E-state index in [-0.39, 0.29) is 0 Å². The van der Waals surface area contributed by atoms with E-state index in [0.29, 0.717) is 6.04 Å². The Morgan fingerprint density at radius 1 is 1.21 bits per heavy atom. The van der Waals surface area contributed by atoms with Crippen molar-refractivity contribution in [1.29, 1.82) is 0 Å². The van der Waals surface area contributed by atoms with Gasteiger partial charge in [0.25, 0.3) is 0 Å². The lowest BCUT2D eigenvalue weighted by molar-refractivity contribution is 0.198. The molecule has 2 bridgehead atoms. The molecule has 1 heteroatoms. The molecule has 1 fully saturated rings. The number of rotatable bonds is 1. The van der Waals surface area contributed by atoms with Crippen molar-refractivity contribution in [2.75, 3.05) is 6.54 Å². The molecular weight excluding hydrogens is 170 g/mol. The molecule has 0 saturated carbocycles. The third kappa shape index (κ3) is 0.992. The topological polar surface area (TPSA) is 3.24 Å². The molecule has 1 heterocycles. The van der Waals surface area contributed by atoms with Gasteiger partial charge in [-0.2, -0.15) is 0 Å². The van der Waals surface area contributed by atoms with Crippen LogP contribution in [0.25, 0.3) is 0 Å². The smallest absolute Gasteiger partial charge is 0.0360 e. The van der Waals surface area contributed by atoms with Gasteiger partial charge in [0.1, 0.15) is 0 Å². The molecule has 2 aliphatic rings. The van der Waals surface area contributed by atoms with E-state index >= 15 is 0 Å². The molecule has 1 aliphatic heterocycles. The van der Waals surface area contributed by atoms with E-state index < -0.39 is 0 Å². The number of hydrogen-bond acceptors (Lipinski definition) is 1. The molecule has 2 unspecified atom stereocenters. The Hall–Kier alpha value is -0.820. The van der Waals surface area contributed by atoms with Crippen LogP contribution >= 0.6 is 0 Å². The molecule has 0 spiro atoms. The van der Waals surface area contributed by atoms with Crippen LogP contribution in [0.2, 0.25) is 0 Å². The van der Waals surface area contributed by atoms with Crippen LogP contribution < -0.4 is 0 Å². The fraction of sp³-hybridized carbons (Fsp3) is 0.538. The fourth-order valence-corrected chi connectivity index (χ4v) is 3.15. The van der Waals surface area contributed by atoms with Crippen LogP contribution in [-0.4, -0.2) is 17.5 Å². The molecule has 0 N–H and O–H groups in total. The van der Waals surface area contributed by atoms with Crippen LogP contribution in [-0.2, 0) is 0 Å². The molecule has 1 saturated heterocycles. The van der Waals surface area contributed by atoms with Crippen LogP contribution in [0.1, 0.15) is 43.4 Å². The minimum atomic E-state index is 0.693. The summed E-state index contributed by atoms with van der Waals surface area (Å²) in [5.41, 5.74) is 3.21. The monoisotopic (exact) mass is 187 g/mol. The van der Waals surface area contributed by atoms with Gasteiger partial charge in [-0.05, 0) is 37.3 Å². The predicted molar refractivity (Wildman–Crippen MR) is 58.4 cm³/mol. The third-order valence-corrected chi connectivity index (χ3v) is 3.80. The number of fused-ring (bicyclic) bond motifs is 5. The molecule has 74 valence electrons. The lowest BCUT2D eigenvalue weighted by Crippen LogP contribution is -2.33. The summed E-state index contributed by atoms with van der Waals surface area (Å²) in [5, 5.41) is 0. The largest absolute Gasteiger partial charge is 0.293 e. The van der Waals surface area contributed by atoms with Gasteiger partial charge >= 0.3 is 0 Å². The summed E-state index contributed by atoms with van der Waals surface area (Å²) in [6, 6.07) is 10.4. The zero-order valence-corrected chi connectivity index (χ0v) is 8.90. The molecule has 14 heavy (non-hydrogen) atoms. The first-order valence-corrected chi connectivity index (χ1v) is 5.62. The second-order valence-corrected chi connectivity index (χ2v) is 4.87. The van der Waals surface area contributed by atoms with Gasteiger partial charge in [-0.15, -0.1) is 0 Å². The van der Waals surface area contributed by atoms with Gasteiger partial charge < -0.3 is 0 Å². The Morgan fingerprint density at radius 2 is 1.93 bits per heavy atom. The van der Waals surface area contributed by atoms with Gasteiger partial charge in [-0.25, -0.2) is 0 Å². The zero-order chi connectivity index (χ0) is 9.71. The molecule has 3 rings (SSSR count). The SMILES string of the molecule is CC(C)N1CC2CC1c1ccccc12. The van der Waals surface area contributed by atoms with E-state index in [0.717, 1.165) is 12.0 Å². The highest BCUT2D eigenvalue weighted by molar-refractivity contribution is 5.41. The molecule has 0 amide bonds. The second kappa shape index (κ2) is 2.83. The summed E-state index contributed by atoms with van der Waals surface area (Å²) < 4.78 is 0. The summed E-state index contributed by atoms with van der Waals surface area (Å²) >= 11 is 0. The van der Waals surface area contributed by atoms with Gasteiger partial charge in [-0.3, -0.25) is 4.90 Å². The quantitative estimate of drug-likeness (QED) is 0.653. The lowest BCUT2D eigenvalue weighted by Gasteiger charge is -2.32. The first-order valence-electron chi connectivity index (χ1n) is 5.62. The average Bonchev–Trinajstić information content (AvgIpc) is 2.75. The van der Waals surface area contributed by atoms with Crippen molar-refractivity contribution in [3.05, 3.63) is 35.4 Å². The van der Waals surface area contributed by atoms with E-state index in [4.69, 9.17) is 0 Å². The molecule has 0 radical (unpaired) electrons. The summed E-state index contributed by atoms with van der Waals surface area (Å²) in [5.74, 6) is 0.818. The van der Waals surface area contributed by atoms with Gasteiger partial charge in [0, 0.05) is 18.6 Å². The summed E-state index contributed by atoms with van der Waals surface area (Å²) in [4.78, 5) is 2.65. The molecule has 1 nitrogen and oxygen atoms in total. The fourth-order valence-electron chi connectivity index (χ4n) is 3.15. The van der Waals surface area contributed by atoms with Crippen molar-refractivity contribution in [3.63, 3.8) is 0 Å². The Balaban J connectivity index is 2.02. The van der Waals surface area contributed by atoms with Crippen molar-refractivity contribution in [2.24, 2.45) is 0 Å². The summed E-state index contributed by atoms with van der Waals surface area (Å²) in [7, 11) is 0. The van der Waals surface area contributed by atoms with Gasteiger partial charge in [0.2, 0.25) is 0 Å². The zero-order valence-electron chi connectivity index (χ0n) is 8.90. The van der Waals surface area contributed by atoms with Crippen LogP contribution in [0, 0.1) is 0 Å². The Kier molecular flexibility index (Phi) is 1.72. The van der Waals surface area contributed by atoms with Crippen LogP contribution in [0.15, 0.2) is 24.3 Å². The maximum Gasteiger partial charge on any atom is 0.0360 e. The minimum absolute atomic E-state index is 0.693. The average molecular weight is 187 g/mol. The van der Waals surface area contributed by atoms with E-state index in [2.05, 4.69) is 43.0 Å². The third-order valence-electron chi connectivity index (χ3n) is 3.80. The highest BCUT2D eigenvalue weighted by Gasteiger charge is 2.42. The highest BCUT2D eigenvalue weighted by atomic mass is 15.2. The number of likely N-dealkylation sites (tertiary alicyclic amines) is 1. The normalized spacial score (nSPS) is 29.9. The maximum absolute atomic E-state index is 2.65. The van der Waals surface area contributed by atoms with E-state index in [1.807, 2.05) is 0 Å². The van der Waals surface area contributed by atoms with Crippen molar-refractivity contribution in [3.8, 4) is 0 Å². The summed E-state index contributed by atoms with van der Waals surface area (Å²) in [6.45, 7) is 5.89. The molecule has 1 aliphatic carbocycles. The van der Waals surface area contributed by atoms with Gasteiger partial charge in [-0.1, -0.05) is 24.3 Å². The lowest BCUT2D eigenvalue weighted by atomic mass is 9.99. The van der Waals surface area contributed by atoms with E-state index in [9.17, 15) is 0 Å². The molecule has 2 atom stereocenters. The van der Waals surface area contributed by atoms with Crippen LogP contribution in [0.5, 0.6) is 0 Å². The van der Waals surface area contributed by atoms with E-state index in [1.54, 1.807) is 11.1 Å². The van der Waals surface area contributed by atoms with Crippen molar-refractivity contribution >= 4 is 0 Å². The number of hydrogen-bond donors (Lipinski definition) is 0. The van der Waals surface area contributed by atoms with Crippen molar-refractivity contribution in [1.82, 2.24) is 4.90 Å². The Labute approximate surface area is 85.7 Å². The Morgan fingerprint density at radius 3 is 2.64 bits per heavy atom. The molecule has 0 aromatic heterocycles. The van der Waals surface area contributed by atoms with Crippen LogP contribution in [0.3, 0.4) is 0 Å². The Bertz CT molecular complexity index is 356. The highest BCUT2D eigenvalue weighted by Crippen LogP contribution is 2.50. The summed E-state index contributed by atoms with van der Waals surface area (Å²) in [6.07, 6.45) is 1.36. The molecular formula is C13H17N. The number of nitrogens with zero attached hydrogens (tertiary/aromatic N) is 1. The maximum atomic E-state index is 2.65. The first-order chi connectivity index (χ1) is 6.77. The minimum Gasteiger partial charge on any atom is -0.293 e. The van der Waals surface area contributed by atoms with E-state index in [1.165, 1.54) is 13.0 Å². The number of benzene rings is 1. The van der Waals surface area contributed by atoms with Crippen LogP contribution in [0.4, 0.5) is 0 Å². The van der Waals surface area contributed by atoms with Gasteiger partial charge in [0.05, 0.1) is 0 Å². The predicted octanol–water partition coefficient (Wildman–Crippen LogP) is 2.94. The second-order valence-electron chi connectivity index (χ2n) is 4.87. The first kappa shape index (κ1) is 8.49. The molecule has 1 aromatic carbocycles. The molecule has 1 aromatic rings. The van der Waals surface area contributed by atoms with Crippen molar-refractivity contribution < 1.29 is 0 Å². The van der Waals surface area contributed by atoms with Crippen molar-refractivity contribution in [2.45, 2.75) is 38.3 Å². The van der Waals surface area contributed by atoms with Gasteiger partial charge in [0.15, 0.2) is 0 Å². The standard InChI is InChI=1S/C13H17N/c1-9(2)14-8-10-7-13(14)12-6-4-3-5-11(10)12/h3-6,9-10,13H,7-8H2,1-2H3.